The third-order valence-electron chi connectivity index (χ3n) is 5.76. The lowest BCUT2D eigenvalue weighted by molar-refractivity contribution is 0.249. The predicted octanol–water partition coefficient (Wildman–Crippen LogP) is 4.19. The van der Waals surface area contributed by atoms with Gasteiger partial charge in [0, 0.05) is 38.8 Å². The highest BCUT2D eigenvalue weighted by molar-refractivity contribution is 6.32. The Kier molecular flexibility index (Phi) is 5.35. The second kappa shape index (κ2) is 8.28. The van der Waals surface area contributed by atoms with Crippen LogP contribution < -0.4 is 15.0 Å². The van der Waals surface area contributed by atoms with Gasteiger partial charge in [-0.1, -0.05) is 29.8 Å². The third-order valence-corrected chi connectivity index (χ3v) is 6.06. The van der Waals surface area contributed by atoms with E-state index in [4.69, 9.17) is 26.3 Å². The molecule has 0 unspecified atom stereocenters. The van der Waals surface area contributed by atoms with E-state index in [9.17, 15) is 0 Å². The Labute approximate surface area is 181 Å². The van der Waals surface area contributed by atoms with Crippen LogP contribution in [0, 0.1) is 0 Å². The maximum absolute atomic E-state index is 6.29. The second-order valence-electron chi connectivity index (χ2n) is 8.04. The Balaban J connectivity index is 1.30. The van der Waals surface area contributed by atoms with Crippen molar-refractivity contribution >= 4 is 34.3 Å². The van der Waals surface area contributed by atoms with Gasteiger partial charge in [0.25, 0.3) is 0 Å². The summed E-state index contributed by atoms with van der Waals surface area (Å²) in [6.45, 7) is 4.68. The molecular weight excluding hydrogens is 398 g/mol. The molecule has 0 bridgehead atoms. The minimum Gasteiger partial charge on any atom is -0.495 e. The largest absolute Gasteiger partial charge is 0.495 e. The van der Waals surface area contributed by atoms with Crippen LogP contribution in [-0.4, -0.2) is 54.2 Å². The number of halogens is 1. The molecule has 1 saturated heterocycles. The van der Waals surface area contributed by atoms with Crippen molar-refractivity contribution in [3.8, 4) is 5.75 Å². The summed E-state index contributed by atoms with van der Waals surface area (Å²) in [7, 11) is 1.64. The van der Waals surface area contributed by atoms with Gasteiger partial charge in [-0.25, -0.2) is 9.97 Å². The quantitative estimate of drug-likeness (QED) is 0.641. The van der Waals surface area contributed by atoms with Gasteiger partial charge in [0.1, 0.15) is 5.75 Å². The molecule has 1 aliphatic heterocycles. The zero-order valence-electron chi connectivity index (χ0n) is 17.1. The van der Waals surface area contributed by atoms with Gasteiger partial charge in [-0.3, -0.25) is 4.90 Å². The van der Waals surface area contributed by atoms with Crippen LogP contribution in [0.4, 0.5) is 11.6 Å². The van der Waals surface area contributed by atoms with Gasteiger partial charge in [0.2, 0.25) is 0 Å². The molecule has 2 fully saturated rings. The minimum absolute atomic E-state index is 0.542. The van der Waals surface area contributed by atoms with Gasteiger partial charge >= 0.3 is 0 Å². The number of fused-ring (bicyclic) bond motifs is 1. The number of rotatable bonds is 6. The summed E-state index contributed by atoms with van der Waals surface area (Å²) in [5.41, 5.74) is 3.10. The van der Waals surface area contributed by atoms with E-state index in [0.29, 0.717) is 11.1 Å². The van der Waals surface area contributed by atoms with Gasteiger partial charge in [0.05, 0.1) is 23.2 Å². The molecule has 1 N–H and O–H groups in total. The minimum atomic E-state index is 0.542. The number of ether oxygens (including phenoxy) is 1. The summed E-state index contributed by atoms with van der Waals surface area (Å²) in [5, 5.41) is 4.25. The highest BCUT2D eigenvalue weighted by Crippen LogP contribution is 2.31. The van der Waals surface area contributed by atoms with Crippen LogP contribution in [0.15, 0.2) is 42.5 Å². The van der Waals surface area contributed by atoms with Crippen LogP contribution in [-0.2, 0) is 6.54 Å². The monoisotopic (exact) mass is 423 g/mol. The topological polar surface area (TPSA) is 53.5 Å². The fourth-order valence-electron chi connectivity index (χ4n) is 3.91. The number of para-hydroxylation sites is 2. The Hall–Kier alpha value is -2.57. The van der Waals surface area contributed by atoms with E-state index in [1.165, 1.54) is 18.4 Å². The summed E-state index contributed by atoms with van der Waals surface area (Å²) in [6.07, 6.45) is 2.43. The van der Waals surface area contributed by atoms with Gasteiger partial charge in [0.15, 0.2) is 11.6 Å². The first-order valence-electron chi connectivity index (χ1n) is 10.5. The Morgan fingerprint density at radius 3 is 2.43 bits per heavy atom. The first kappa shape index (κ1) is 19.4. The zero-order chi connectivity index (χ0) is 20.5. The number of nitrogens with zero attached hydrogens (tertiary/aromatic N) is 4. The molecule has 156 valence electrons. The van der Waals surface area contributed by atoms with E-state index >= 15 is 0 Å². The number of hydrogen-bond acceptors (Lipinski definition) is 6. The molecule has 0 spiro atoms. The third kappa shape index (κ3) is 4.16. The van der Waals surface area contributed by atoms with E-state index in [2.05, 4.69) is 21.2 Å². The Bertz CT molecular complexity index is 1050. The van der Waals surface area contributed by atoms with Gasteiger partial charge in [-0.15, -0.1) is 0 Å². The highest BCUT2D eigenvalue weighted by Gasteiger charge is 2.26. The van der Waals surface area contributed by atoms with Crippen molar-refractivity contribution in [3.63, 3.8) is 0 Å². The van der Waals surface area contributed by atoms with Crippen molar-refractivity contribution in [3.05, 3.63) is 53.1 Å². The molecule has 5 rings (SSSR count). The summed E-state index contributed by atoms with van der Waals surface area (Å²) in [4.78, 5) is 14.7. The first-order chi connectivity index (χ1) is 14.7. The van der Waals surface area contributed by atoms with Crippen molar-refractivity contribution in [2.45, 2.75) is 25.4 Å². The molecule has 0 atom stereocenters. The number of benzene rings is 2. The lowest BCUT2D eigenvalue weighted by atomic mass is 10.2. The highest BCUT2D eigenvalue weighted by atomic mass is 35.5. The van der Waals surface area contributed by atoms with Crippen LogP contribution >= 0.6 is 11.6 Å². The second-order valence-corrected chi connectivity index (χ2v) is 8.44. The molecule has 2 aliphatic rings. The molecule has 2 heterocycles. The van der Waals surface area contributed by atoms with Crippen LogP contribution in [0.1, 0.15) is 18.4 Å². The molecule has 3 aromatic rings. The summed E-state index contributed by atoms with van der Waals surface area (Å²) in [6, 6.07) is 14.7. The molecular formula is C23H26ClN5O. The van der Waals surface area contributed by atoms with Crippen molar-refractivity contribution in [1.29, 1.82) is 0 Å². The molecule has 1 saturated carbocycles. The molecule has 30 heavy (non-hydrogen) atoms. The molecule has 6 nitrogen and oxygen atoms in total. The standard InChI is InChI=1S/C23H26ClN5O/c1-30-21-9-6-16(14-18(21)24)15-28-10-12-29(13-11-28)23-22(25-17-7-8-17)26-19-4-2-3-5-20(19)27-23/h2-6,9,14,17H,7-8,10-13,15H2,1H3,(H,25,26). The molecule has 0 radical (unpaired) electrons. The number of piperazine rings is 1. The zero-order valence-corrected chi connectivity index (χ0v) is 17.9. The van der Waals surface area contributed by atoms with Gasteiger partial charge in [-0.2, -0.15) is 0 Å². The van der Waals surface area contributed by atoms with Crippen LogP contribution in [0.2, 0.25) is 5.02 Å². The van der Waals surface area contributed by atoms with Crippen molar-refractivity contribution in [2.75, 3.05) is 43.5 Å². The molecule has 7 heteroatoms. The normalized spacial score (nSPS) is 17.3. The molecule has 1 aliphatic carbocycles. The Morgan fingerprint density at radius 1 is 1.03 bits per heavy atom. The van der Waals surface area contributed by atoms with Crippen molar-refractivity contribution in [2.24, 2.45) is 0 Å². The predicted molar refractivity (Wildman–Crippen MR) is 122 cm³/mol. The number of nitrogens with one attached hydrogen (secondary N) is 1. The molecule has 1 aromatic heterocycles. The van der Waals surface area contributed by atoms with Crippen molar-refractivity contribution in [1.82, 2.24) is 14.9 Å². The lowest BCUT2D eigenvalue weighted by Gasteiger charge is -2.36. The van der Waals surface area contributed by atoms with E-state index in [0.717, 1.165) is 61.1 Å². The molecule has 2 aromatic carbocycles. The number of methoxy groups -OCH3 is 1. The average molecular weight is 424 g/mol. The number of anilines is 2. The lowest BCUT2D eigenvalue weighted by Crippen LogP contribution is -2.46. The first-order valence-corrected chi connectivity index (χ1v) is 10.9. The Morgan fingerprint density at radius 2 is 1.77 bits per heavy atom. The van der Waals surface area contributed by atoms with E-state index in [1.54, 1.807) is 7.11 Å². The van der Waals surface area contributed by atoms with Crippen molar-refractivity contribution < 1.29 is 4.74 Å². The summed E-state index contributed by atoms with van der Waals surface area (Å²) < 4.78 is 5.26. The maximum Gasteiger partial charge on any atom is 0.172 e. The van der Waals surface area contributed by atoms with Crippen LogP contribution in [0.25, 0.3) is 11.0 Å². The average Bonchev–Trinajstić information content (AvgIpc) is 3.58. The van der Waals surface area contributed by atoms with Crippen LogP contribution in [0.5, 0.6) is 5.75 Å². The van der Waals surface area contributed by atoms with Crippen LogP contribution in [0.3, 0.4) is 0 Å². The summed E-state index contributed by atoms with van der Waals surface area (Å²) >= 11 is 6.29. The van der Waals surface area contributed by atoms with E-state index in [1.807, 2.05) is 36.4 Å². The maximum atomic E-state index is 6.29. The fraction of sp³-hybridized carbons (Fsp3) is 0.391. The van der Waals surface area contributed by atoms with E-state index in [-0.39, 0.29) is 0 Å². The number of hydrogen-bond donors (Lipinski definition) is 1. The van der Waals surface area contributed by atoms with Gasteiger partial charge < -0.3 is 15.0 Å². The smallest absolute Gasteiger partial charge is 0.172 e. The molecule has 0 amide bonds. The van der Waals surface area contributed by atoms with E-state index < -0.39 is 0 Å². The van der Waals surface area contributed by atoms with Gasteiger partial charge in [-0.05, 0) is 42.7 Å². The number of aromatic nitrogens is 2. The SMILES string of the molecule is COc1ccc(CN2CCN(c3nc4ccccc4nc3NC3CC3)CC2)cc1Cl. The fourth-order valence-corrected chi connectivity index (χ4v) is 4.19. The summed E-state index contributed by atoms with van der Waals surface area (Å²) in [5.74, 6) is 2.62.